The zero-order valence-electron chi connectivity index (χ0n) is 17.4. The smallest absolute Gasteiger partial charge is 0.115 e. The van der Waals surface area contributed by atoms with Crippen molar-refractivity contribution in [1.82, 2.24) is 10.6 Å². The molecule has 0 saturated carbocycles. The van der Waals surface area contributed by atoms with Crippen molar-refractivity contribution in [2.24, 2.45) is 0 Å². The van der Waals surface area contributed by atoms with Crippen LogP contribution in [0.1, 0.15) is 34.6 Å². The highest BCUT2D eigenvalue weighted by Gasteiger charge is 2.10. The summed E-state index contributed by atoms with van der Waals surface area (Å²) in [6, 6.07) is 0.151. The van der Waals surface area contributed by atoms with E-state index in [1.54, 1.807) is 0 Å². The monoisotopic (exact) mass is 382 g/mol. The molecule has 0 bridgehead atoms. The summed E-state index contributed by atoms with van der Waals surface area (Å²) in [5.74, 6) is 1.50. The van der Waals surface area contributed by atoms with Gasteiger partial charge in [-0.05, 0) is 58.9 Å². The molecule has 6 heteroatoms. The maximum Gasteiger partial charge on any atom is 0.115 e. The minimum atomic E-state index is -0.586. The van der Waals surface area contributed by atoms with E-state index < -0.39 is 12.2 Å². The Kier molecular flexibility index (Phi) is 15.6. The minimum Gasteiger partial charge on any atom is -0.491 e. The summed E-state index contributed by atoms with van der Waals surface area (Å²) in [7, 11) is 0. The van der Waals surface area contributed by atoms with Gasteiger partial charge in [0, 0.05) is 25.7 Å². The first-order valence-electron chi connectivity index (χ1n) is 9.60. The molecule has 0 rings (SSSR count). The van der Waals surface area contributed by atoms with Crippen LogP contribution < -0.4 is 10.6 Å². The van der Waals surface area contributed by atoms with Crippen molar-refractivity contribution < 1.29 is 19.7 Å². The van der Waals surface area contributed by atoms with Crippen molar-refractivity contribution in [2.75, 3.05) is 32.8 Å². The van der Waals surface area contributed by atoms with Gasteiger partial charge in [-0.25, -0.2) is 0 Å². The van der Waals surface area contributed by atoms with Crippen LogP contribution in [0.3, 0.4) is 0 Å². The van der Waals surface area contributed by atoms with E-state index in [2.05, 4.69) is 10.6 Å². The molecule has 0 aliphatic carbocycles. The van der Waals surface area contributed by atoms with Crippen LogP contribution in [-0.2, 0) is 9.47 Å². The Morgan fingerprint density at radius 3 is 1.74 bits per heavy atom. The normalized spacial score (nSPS) is 16.7. The molecular weight excluding hydrogens is 344 g/mol. The molecule has 4 N–H and O–H groups in total. The highest BCUT2D eigenvalue weighted by molar-refractivity contribution is 5.10. The predicted molar refractivity (Wildman–Crippen MR) is 111 cm³/mol. The van der Waals surface area contributed by atoms with Gasteiger partial charge < -0.3 is 30.3 Å². The summed E-state index contributed by atoms with van der Waals surface area (Å²) in [6.45, 7) is 11.7. The van der Waals surface area contributed by atoms with E-state index in [9.17, 15) is 10.2 Å². The molecule has 0 amide bonds. The number of allylic oxidation sites excluding steroid dienone is 6. The Morgan fingerprint density at radius 2 is 1.30 bits per heavy atom. The molecule has 0 aromatic heterocycles. The fourth-order valence-corrected chi connectivity index (χ4v) is 2.16. The summed E-state index contributed by atoms with van der Waals surface area (Å²) in [5, 5.41) is 26.4. The highest BCUT2D eigenvalue weighted by Crippen LogP contribution is 2.01. The third-order valence-electron chi connectivity index (χ3n) is 3.65. The number of hydrogen-bond acceptors (Lipinski definition) is 6. The van der Waals surface area contributed by atoms with E-state index in [-0.39, 0.29) is 19.3 Å². The van der Waals surface area contributed by atoms with Gasteiger partial charge in [0.05, 0.1) is 0 Å². The number of ether oxygens (including phenoxy) is 2. The van der Waals surface area contributed by atoms with Crippen LogP contribution in [0.4, 0.5) is 0 Å². The third-order valence-corrected chi connectivity index (χ3v) is 3.65. The summed E-state index contributed by atoms with van der Waals surface area (Å²) < 4.78 is 11.0. The van der Waals surface area contributed by atoms with Gasteiger partial charge in [-0.2, -0.15) is 0 Å². The van der Waals surface area contributed by atoms with Crippen molar-refractivity contribution in [3.05, 3.63) is 48.0 Å². The molecule has 0 aromatic rings. The quantitative estimate of drug-likeness (QED) is 0.257. The van der Waals surface area contributed by atoms with Gasteiger partial charge in [0.2, 0.25) is 0 Å². The Hall–Kier alpha value is -1.60. The first-order valence-corrected chi connectivity index (χ1v) is 9.60. The fraction of sp³-hybridized carbons (Fsp3) is 0.619. The molecule has 3 unspecified atom stereocenters. The summed E-state index contributed by atoms with van der Waals surface area (Å²) in [6.07, 6.45) is 10.1. The van der Waals surface area contributed by atoms with E-state index in [1.165, 1.54) is 0 Å². The molecule has 0 aliphatic heterocycles. The highest BCUT2D eigenvalue weighted by atomic mass is 16.5. The average Bonchev–Trinajstić information content (AvgIpc) is 2.66. The van der Waals surface area contributed by atoms with Crippen LogP contribution in [0.2, 0.25) is 0 Å². The Balaban J connectivity index is 3.88. The first-order chi connectivity index (χ1) is 13.0. The lowest BCUT2D eigenvalue weighted by molar-refractivity contribution is 0.0708. The summed E-state index contributed by atoms with van der Waals surface area (Å²) in [5.41, 5.74) is 0. The van der Waals surface area contributed by atoms with Crippen LogP contribution in [0.15, 0.2) is 48.0 Å². The first kappa shape index (κ1) is 25.4. The van der Waals surface area contributed by atoms with Gasteiger partial charge in [-0.3, -0.25) is 0 Å². The number of rotatable bonds is 15. The summed E-state index contributed by atoms with van der Waals surface area (Å²) >= 11 is 0. The molecule has 0 fully saturated rings. The standard InChI is InChI=1S/C21H38N2O4/c1-6-10-20(8-3)26-15-18(24)13-22-12-17(5)23-14-19(25)16-27-21(9-4)11-7-2/h6-11,17-19,22-25H,12-16H2,1-5H3/b10-6-,11-7-,20-8+,21-9+. The molecule has 27 heavy (non-hydrogen) atoms. The zero-order chi connectivity index (χ0) is 20.5. The zero-order valence-corrected chi connectivity index (χ0v) is 17.4. The number of aliphatic hydroxyl groups excluding tert-OH is 2. The molecular formula is C21H38N2O4. The average molecular weight is 383 g/mol. The SMILES string of the molecule is C/C=C\C(=C/C)OCC(O)CNCC(C)NCC(O)COC(/C=C\C)=C/C. The van der Waals surface area contributed by atoms with Crippen molar-refractivity contribution in [2.45, 2.75) is 52.9 Å². The summed E-state index contributed by atoms with van der Waals surface area (Å²) in [4.78, 5) is 0. The topological polar surface area (TPSA) is 83.0 Å². The van der Waals surface area contributed by atoms with Gasteiger partial charge in [-0.1, -0.05) is 12.2 Å². The largest absolute Gasteiger partial charge is 0.491 e. The van der Waals surface area contributed by atoms with Gasteiger partial charge in [0.25, 0.3) is 0 Å². The number of nitrogens with one attached hydrogen (secondary N) is 2. The molecule has 6 nitrogen and oxygen atoms in total. The Morgan fingerprint density at radius 1 is 0.815 bits per heavy atom. The van der Waals surface area contributed by atoms with E-state index in [0.717, 1.165) is 11.5 Å². The van der Waals surface area contributed by atoms with Crippen LogP contribution in [0.5, 0.6) is 0 Å². The van der Waals surface area contributed by atoms with E-state index in [4.69, 9.17) is 9.47 Å². The van der Waals surface area contributed by atoms with Crippen LogP contribution in [0, 0.1) is 0 Å². The second kappa shape index (κ2) is 16.6. The molecule has 0 heterocycles. The molecule has 0 aromatic carbocycles. The predicted octanol–water partition coefficient (Wildman–Crippen LogP) is 2.27. The molecule has 156 valence electrons. The van der Waals surface area contributed by atoms with E-state index in [0.29, 0.717) is 19.6 Å². The van der Waals surface area contributed by atoms with Crippen molar-refractivity contribution in [3.8, 4) is 0 Å². The maximum absolute atomic E-state index is 9.99. The van der Waals surface area contributed by atoms with Gasteiger partial charge in [0.1, 0.15) is 36.9 Å². The molecule has 3 atom stereocenters. The lowest BCUT2D eigenvalue weighted by atomic mass is 10.3. The Labute approximate surface area is 164 Å². The van der Waals surface area contributed by atoms with Crippen LogP contribution in [-0.4, -0.2) is 61.3 Å². The van der Waals surface area contributed by atoms with Gasteiger partial charge >= 0.3 is 0 Å². The minimum absolute atomic E-state index is 0.151. The van der Waals surface area contributed by atoms with Crippen molar-refractivity contribution in [3.63, 3.8) is 0 Å². The molecule has 0 aliphatic rings. The third kappa shape index (κ3) is 14.2. The van der Waals surface area contributed by atoms with Gasteiger partial charge in [-0.15, -0.1) is 0 Å². The van der Waals surface area contributed by atoms with Crippen LogP contribution in [0.25, 0.3) is 0 Å². The second-order valence-corrected chi connectivity index (χ2v) is 6.28. The lowest BCUT2D eigenvalue weighted by Gasteiger charge is -2.19. The number of aliphatic hydroxyl groups is 2. The Bertz CT molecular complexity index is 487. The van der Waals surface area contributed by atoms with Gasteiger partial charge in [0.15, 0.2) is 0 Å². The lowest BCUT2D eigenvalue weighted by Crippen LogP contribution is -2.43. The second-order valence-electron chi connectivity index (χ2n) is 6.28. The maximum atomic E-state index is 9.99. The van der Waals surface area contributed by atoms with E-state index >= 15 is 0 Å². The van der Waals surface area contributed by atoms with E-state index in [1.807, 2.05) is 71.1 Å². The number of hydrogen-bond donors (Lipinski definition) is 4. The molecule has 0 spiro atoms. The fourth-order valence-electron chi connectivity index (χ4n) is 2.16. The van der Waals surface area contributed by atoms with Crippen molar-refractivity contribution >= 4 is 0 Å². The molecule has 0 radical (unpaired) electrons. The molecule has 0 saturated heterocycles. The van der Waals surface area contributed by atoms with Crippen LogP contribution >= 0.6 is 0 Å². The van der Waals surface area contributed by atoms with Crippen molar-refractivity contribution in [1.29, 1.82) is 0 Å².